The number of H-pyrrole nitrogens is 1. The lowest BCUT2D eigenvalue weighted by atomic mass is 9.97. The van der Waals surface area contributed by atoms with Crippen molar-refractivity contribution in [3.8, 4) is 0 Å². The summed E-state index contributed by atoms with van der Waals surface area (Å²) in [4.78, 5) is 33.8. The average Bonchev–Trinajstić information content (AvgIpc) is 3.19. The normalized spacial score (nSPS) is 13.8. The first kappa shape index (κ1) is 15.4. The Morgan fingerprint density at radius 1 is 1.33 bits per heavy atom. The number of hydrogen-bond acceptors (Lipinski definition) is 7. The number of amides is 1. The highest BCUT2D eigenvalue weighted by Gasteiger charge is 2.19. The van der Waals surface area contributed by atoms with Gasteiger partial charge in [0.15, 0.2) is 0 Å². The van der Waals surface area contributed by atoms with E-state index < -0.39 is 0 Å². The third kappa shape index (κ3) is 2.96. The summed E-state index contributed by atoms with van der Waals surface area (Å²) in [5.74, 6) is 0.387. The lowest BCUT2D eigenvalue weighted by molar-refractivity contribution is -0.116. The van der Waals surface area contributed by atoms with Gasteiger partial charge in [0.1, 0.15) is 16.2 Å². The number of aryl methyl sites for hydroxylation is 3. The molecule has 1 amide bonds. The summed E-state index contributed by atoms with van der Waals surface area (Å²) in [6.07, 6.45) is 4.93. The largest absolute Gasteiger partial charge is 0.310 e. The van der Waals surface area contributed by atoms with Crippen LogP contribution in [0.25, 0.3) is 10.2 Å². The number of nitrogens with one attached hydrogen (secondary N) is 2. The van der Waals surface area contributed by atoms with Crippen molar-refractivity contribution in [2.24, 2.45) is 0 Å². The molecule has 0 saturated carbocycles. The zero-order valence-electron chi connectivity index (χ0n) is 12.8. The van der Waals surface area contributed by atoms with Crippen LogP contribution in [-0.2, 0) is 24.1 Å². The molecular formula is C15H15N5O2S2. The monoisotopic (exact) mass is 361 g/mol. The van der Waals surface area contributed by atoms with Gasteiger partial charge in [-0.2, -0.15) is 0 Å². The summed E-state index contributed by atoms with van der Waals surface area (Å²) in [6, 6.07) is 0. The van der Waals surface area contributed by atoms with E-state index in [0.717, 1.165) is 29.5 Å². The fraction of sp³-hybridized carbons (Fsp3) is 0.400. The van der Waals surface area contributed by atoms with Gasteiger partial charge >= 0.3 is 0 Å². The third-order valence-corrected chi connectivity index (χ3v) is 5.86. The maximum Gasteiger partial charge on any atom is 0.259 e. The fourth-order valence-electron chi connectivity index (χ4n) is 2.97. The summed E-state index contributed by atoms with van der Waals surface area (Å²) >= 11 is 2.88. The number of aromatic nitrogens is 4. The molecule has 3 aromatic heterocycles. The number of nitrogens with zero attached hydrogens (tertiary/aromatic N) is 3. The molecule has 0 unspecified atom stereocenters. The molecule has 0 spiro atoms. The molecule has 2 N–H and O–H groups in total. The Balaban J connectivity index is 1.52. The molecule has 0 bridgehead atoms. The minimum absolute atomic E-state index is 0.0843. The van der Waals surface area contributed by atoms with Gasteiger partial charge in [-0.3, -0.25) is 9.59 Å². The van der Waals surface area contributed by atoms with Crippen molar-refractivity contribution in [1.29, 1.82) is 0 Å². The van der Waals surface area contributed by atoms with Crippen molar-refractivity contribution in [3.05, 3.63) is 32.1 Å². The van der Waals surface area contributed by atoms with Gasteiger partial charge in [0, 0.05) is 17.7 Å². The van der Waals surface area contributed by atoms with Crippen LogP contribution in [0.4, 0.5) is 5.13 Å². The number of carbonyl (C=O) groups is 1. The first-order valence-electron chi connectivity index (χ1n) is 7.80. The van der Waals surface area contributed by atoms with Crippen LogP contribution >= 0.6 is 22.7 Å². The zero-order valence-corrected chi connectivity index (χ0v) is 14.4. The molecule has 124 valence electrons. The Morgan fingerprint density at radius 3 is 3.04 bits per heavy atom. The summed E-state index contributed by atoms with van der Waals surface area (Å²) in [6.45, 7) is 0. The summed E-state index contributed by atoms with van der Waals surface area (Å²) < 4.78 is 0. The highest BCUT2D eigenvalue weighted by molar-refractivity contribution is 7.18. The van der Waals surface area contributed by atoms with Crippen LogP contribution in [0.5, 0.6) is 0 Å². The van der Waals surface area contributed by atoms with Gasteiger partial charge in [0.25, 0.3) is 5.56 Å². The minimum atomic E-state index is -0.167. The Labute approximate surface area is 145 Å². The molecule has 9 heteroatoms. The van der Waals surface area contributed by atoms with E-state index in [1.54, 1.807) is 16.8 Å². The van der Waals surface area contributed by atoms with Crippen molar-refractivity contribution in [2.45, 2.75) is 38.5 Å². The summed E-state index contributed by atoms with van der Waals surface area (Å²) in [5, 5.41) is 11.3. The van der Waals surface area contributed by atoms with E-state index >= 15 is 0 Å². The van der Waals surface area contributed by atoms with Crippen LogP contribution in [0.1, 0.15) is 35.5 Å². The summed E-state index contributed by atoms with van der Waals surface area (Å²) in [7, 11) is 0. The molecule has 0 fully saturated rings. The molecule has 3 heterocycles. The number of carbonyl (C=O) groups excluding carboxylic acids is 1. The van der Waals surface area contributed by atoms with Crippen LogP contribution in [0.15, 0.2) is 10.3 Å². The Morgan fingerprint density at radius 2 is 2.21 bits per heavy atom. The van der Waals surface area contributed by atoms with E-state index in [1.807, 2.05) is 0 Å². The van der Waals surface area contributed by atoms with Crippen LogP contribution in [0.2, 0.25) is 0 Å². The molecule has 1 aliphatic carbocycles. The van der Waals surface area contributed by atoms with Crippen LogP contribution < -0.4 is 10.9 Å². The van der Waals surface area contributed by atoms with E-state index in [2.05, 4.69) is 25.5 Å². The van der Waals surface area contributed by atoms with E-state index in [0.29, 0.717) is 17.4 Å². The number of thiophene rings is 1. The molecule has 0 radical (unpaired) electrons. The second-order valence-corrected chi connectivity index (χ2v) is 7.61. The molecule has 24 heavy (non-hydrogen) atoms. The highest BCUT2D eigenvalue weighted by atomic mass is 32.1. The van der Waals surface area contributed by atoms with Crippen molar-refractivity contribution in [3.63, 3.8) is 0 Å². The van der Waals surface area contributed by atoms with Crippen LogP contribution in [-0.4, -0.2) is 26.1 Å². The second-order valence-electron chi connectivity index (χ2n) is 5.70. The van der Waals surface area contributed by atoms with Crippen LogP contribution in [0, 0.1) is 0 Å². The second kappa shape index (κ2) is 6.40. The Bertz CT molecular complexity index is 945. The Hall–Kier alpha value is -2.13. The first-order valence-corrected chi connectivity index (χ1v) is 9.50. The van der Waals surface area contributed by atoms with Crippen LogP contribution in [0.3, 0.4) is 0 Å². The number of fused-ring (bicyclic) bond motifs is 3. The number of rotatable bonds is 4. The number of anilines is 1. The maximum atomic E-state index is 12.4. The van der Waals surface area contributed by atoms with E-state index in [4.69, 9.17) is 0 Å². The quantitative estimate of drug-likeness (QED) is 0.742. The molecule has 0 aromatic carbocycles. The molecule has 3 aromatic rings. The standard InChI is InChI=1S/C15H15N5O2S2/c21-11(19-15-20-16-7-23-15)6-5-10-17-13(22)12-8-3-1-2-4-9(8)24-14(12)18-10/h7H,1-6H2,(H,17,18,22)(H,19,20,21). The van der Waals surface area contributed by atoms with Crippen molar-refractivity contribution >= 4 is 43.9 Å². The molecule has 1 aliphatic rings. The number of hydrogen-bond donors (Lipinski definition) is 2. The van der Waals surface area contributed by atoms with Crippen molar-refractivity contribution in [1.82, 2.24) is 20.2 Å². The smallest absolute Gasteiger partial charge is 0.259 e. The lowest BCUT2D eigenvalue weighted by Crippen LogP contribution is -2.16. The third-order valence-electron chi connectivity index (χ3n) is 4.07. The molecule has 0 aliphatic heterocycles. The first-order chi connectivity index (χ1) is 11.7. The average molecular weight is 361 g/mol. The highest BCUT2D eigenvalue weighted by Crippen LogP contribution is 2.33. The van der Waals surface area contributed by atoms with Crippen molar-refractivity contribution in [2.75, 3.05) is 5.32 Å². The molecular weight excluding hydrogens is 346 g/mol. The SMILES string of the molecule is O=C(CCc1nc2sc3c(c2c(=O)[nH]1)CCCC3)Nc1nncs1. The lowest BCUT2D eigenvalue weighted by Gasteiger charge is -2.09. The molecule has 0 atom stereocenters. The van der Waals surface area contributed by atoms with Gasteiger partial charge in [-0.15, -0.1) is 21.5 Å². The van der Waals surface area contributed by atoms with E-state index in [9.17, 15) is 9.59 Å². The predicted octanol–water partition coefficient (Wildman–Crippen LogP) is 2.29. The van der Waals surface area contributed by atoms with Gasteiger partial charge in [-0.05, 0) is 31.2 Å². The van der Waals surface area contributed by atoms with Gasteiger partial charge in [0.2, 0.25) is 11.0 Å². The molecule has 0 saturated heterocycles. The van der Waals surface area contributed by atoms with Gasteiger partial charge in [-0.25, -0.2) is 4.98 Å². The van der Waals surface area contributed by atoms with E-state index in [-0.39, 0.29) is 17.9 Å². The zero-order chi connectivity index (χ0) is 16.5. The van der Waals surface area contributed by atoms with Crippen molar-refractivity contribution < 1.29 is 4.79 Å². The Kier molecular flexibility index (Phi) is 4.11. The molecule has 4 rings (SSSR count). The number of aromatic amines is 1. The summed E-state index contributed by atoms with van der Waals surface area (Å²) in [5.41, 5.74) is 2.65. The predicted molar refractivity (Wildman–Crippen MR) is 93.7 cm³/mol. The fourth-order valence-corrected chi connectivity index (χ4v) is 4.71. The topological polar surface area (TPSA) is 101 Å². The van der Waals surface area contributed by atoms with Gasteiger partial charge < -0.3 is 10.3 Å². The maximum absolute atomic E-state index is 12.4. The molecule has 7 nitrogen and oxygen atoms in total. The van der Waals surface area contributed by atoms with Gasteiger partial charge in [-0.1, -0.05) is 11.3 Å². The van der Waals surface area contributed by atoms with E-state index in [1.165, 1.54) is 28.2 Å². The minimum Gasteiger partial charge on any atom is -0.310 e. The van der Waals surface area contributed by atoms with Gasteiger partial charge in [0.05, 0.1) is 5.39 Å².